The first kappa shape index (κ1) is 12.6. The summed E-state index contributed by atoms with van der Waals surface area (Å²) in [6, 6.07) is 11.3. The average Bonchev–Trinajstić information content (AvgIpc) is 2.86. The first-order chi connectivity index (χ1) is 9.65. The predicted molar refractivity (Wildman–Crippen MR) is 77.5 cm³/mol. The lowest BCUT2D eigenvalue weighted by Crippen LogP contribution is -2.11. The van der Waals surface area contributed by atoms with Crippen LogP contribution in [0.5, 0.6) is 0 Å². The van der Waals surface area contributed by atoms with Gasteiger partial charge in [-0.05, 0) is 31.3 Å². The third-order valence-electron chi connectivity index (χ3n) is 2.95. The van der Waals surface area contributed by atoms with Gasteiger partial charge in [-0.1, -0.05) is 18.2 Å². The van der Waals surface area contributed by atoms with Crippen molar-refractivity contribution in [2.45, 2.75) is 6.92 Å². The number of pyridine rings is 1. The summed E-state index contributed by atoms with van der Waals surface area (Å²) >= 11 is 4.83. The fourth-order valence-electron chi connectivity index (χ4n) is 2.00. The van der Waals surface area contributed by atoms with Crippen LogP contribution in [0.1, 0.15) is 5.69 Å². The Kier molecular flexibility index (Phi) is 3.08. The van der Waals surface area contributed by atoms with Crippen LogP contribution in [-0.2, 0) is 0 Å². The Bertz CT molecular complexity index is 862. The van der Waals surface area contributed by atoms with Gasteiger partial charge in [0, 0.05) is 23.6 Å². The lowest BCUT2D eigenvalue weighted by molar-refractivity contribution is 0.551. The summed E-state index contributed by atoms with van der Waals surface area (Å²) in [5.74, 6) is 0.199. The van der Waals surface area contributed by atoms with Crippen molar-refractivity contribution in [2.24, 2.45) is 0 Å². The zero-order valence-electron chi connectivity index (χ0n) is 10.7. The summed E-state index contributed by atoms with van der Waals surface area (Å²) in [5.41, 5.74) is 2.01. The van der Waals surface area contributed by atoms with Crippen molar-refractivity contribution < 1.29 is 4.42 Å². The summed E-state index contributed by atoms with van der Waals surface area (Å²) in [6.45, 7) is 1.87. The highest BCUT2D eigenvalue weighted by Gasteiger charge is 2.11. The summed E-state index contributed by atoms with van der Waals surface area (Å²) in [7, 11) is 0. The van der Waals surface area contributed by atoms with Gasteiger partial charge in [-0.15, -0.1) is 5.10 Å². The number of hydrogen-bond acceptors (Lipinski definition) is 4. The Balaban J connectivity index is 2.23. The largest absolute Gasteiger partial charge is 0.409 e. The van der Waals surface area contributed by atoms with Crippen molar-refractivity contribution in [2.75, 3.05) is 0 Å². The van der Waals surface area contributed by atoms with Crippen LogP contribution >= 0.6 is 12.2 Å². The Morgan fingerprint density at radius 1 is 1.30 bits per heavy atom. The normalized spacial score (nSPS) is 10.7. The Labute approximate surface area is 119 Å². The standard InChI is InChI=1S/C14H11N3O2S/c1-9-7-12(18)11(13-15-16-14(20)19-13)8-17(9)10-5-3-2-4-6-10/h2-8H,1H3,(H,16,20). The molecule has 0 bridgehead atoms. The van der Waals surface area contributed by atoms with E-state index in [-0.39, 0.29) is 16.2 Å². The first-order valence-corrected chi connectivity index (χ1v) is 6.40. The smallest absolute Gasteiger partial charge is 0.284 e. The van der Waals surface area contributed by atoms with Crippen LogP contribution in [0.2, 0.25) is 0 Å². The molecule has 2 heterocycles. The third kappa shape index (κ3) is 2.21. The van der Waals surface area contributed by atoms with Gasteiger partial charge in [-0.3, -0.25) is 4.79 Å². The molecule has 0 atom stereocenters. The van der Waals surface area contributed by atoms with E-state index in [2.05, 4.69) is 10.2 Å². The third-order valence-corrected chi connectivity index (χ3v) is 3.12. The maximum Gasteiger partial charge on any atom is 0.284 e. The second-order valence-electron chi connectivity index (χ2n) is 4.32. The minimum Gasteiger partial charge on any atom is -0.409 e. The Morgan fingerprint density at radius 2 is 2.05 bits per heavy atom. The molecule has 0 saturated carbocycles. The Hall–Kier alpha value is -2.47. The molecule has 1 aromatic carbocycles. The van der Waals surface area contributed by atoms with Gasteiger partial charge < -0.3 is 8.98 Å². The van der Waals surface area contributed by atoms with Crippen LogP contribution in [0.3, 0.4) is 0 Å². The topological polar surface area (TPSA) is 63.8 Å². The van der Waals surface area contributed by atoms with E-state index >= 15 is 0 Å². The van der Waals surface area contributed by atoms with Gasteiger partial charge in [-0.25, -0.2) is 5.10 Å². The Morgan fingerprint density at radius 3 is 2.70 bits per heavy atom. The minimum absolute atomic E-state index is 0.145. The van der Waals surface area contributed by atoms with Gasteiger partial charge >= 0.3 is 0 Å². The molecule has 0 saturated heterocycles. The zero-order valence-corrected chi connectivity index (χ0v) is 11.5. The zero-order chi connectivity index (χ0) is 14.1. The molecule has 0 unspecified atom stereocenters. The van der Waals surface area contributed by atoms with Crippen molar-refractivity contribution >= 4 is 12.2 Å². The number of nitrogens with one attached hydrogen (secondary N) is 1. The summed E-state index contributed by atoms with van der Waals surface area (Å²) < 4.78 is 7.12. The van der Waals surface area contributed by atoms with E-state index in [0.29, 0.717) is 5.56 Å². The highest BCUT2D eigenvalue weighted by Crippen LogP contribution is 2.16. The molecule has 2 aromatic heterocycles. The van der Waals surface area contributed by atoms with E-state index in [1.54, 1.807) is 12.3 Å². The minimum atomic E-state index is -0.153. The van der Waals surface area contributed by atoms with Gasteiger partial charge in [0.15, 0.2) is 5.43 Å². The van der Waals surface area contributed by atoms with Crippen LogP contribution in [0.15, 0.2) is 51.8 Å². The van der Waals surface area contributed by atoms with E-state index in [1.165, 1.54) is 0 Å². The molecule has 0 spiro atoms. The van der Waals surface area contributed by atoms with Crippen LogP contribution in [0.25, 0.3) is 17.1 Å². The number of hydrogen-bond donors (Lipinski definition) is 1. The molecule has 5 nitrogen and oxygen atoms in total. The highest BCUT2D eigenvalue weighted by molar-refractivity contribution is 7.71. The molecule has 3 aromatic rings. The molecule has 1 N–H and O–H groups in total. The van der Waals surface area contributed by atoms with E-state index in [1.807, 2.05) is 41.8 Å². The van der Waals surface area contributed by atoms with Crippen molar-refractivity contribution in [3.8, 4) is 17.1 Å². The second kappa shape index (κ2) is 4.90. The molecule has 6 heteroatoms. The molecule has 100 valence electrons. The van der Waals surface area contributed by atoms with E-state index in [4.69, 9.17) is 16.6 Å². The number of H-pyrrole nitrogens is 1. The molecule has 0 radical (unpaired) electrons. The average molecular weight is 285 g/mol. The fraction of sp³-hybridized carbons (Fsp3) is 0.0714. The number of benzene rings is 1. The van der Waals surface area contributed by atoms with Gasteiger partial charge in [0.05, 0.1) is 0 Å². The number of para-hydroxylation sites is 1. The number of aromatic nitrogens is 3. The molecular formula is C14H11N3O2S. The second-order valence-corrected chi connectivity index (χ2v) is 4.69. The molecule has 3 rings (SSSR count). The van der Waals surface area contributed by atoms with E-state index in [0.717, 1.165) is 11.4 Å². The van der Waals surface area contributed by atoms with E-state index < -0.39 is 0 Å². The molecule has 0 aliphatic carbocycles. The SMILES string of the molecule is Cc1cc(=O)c(-c2n[nH]c(=S)o2)cn1-c1ccccc1. The van der Waals surface area contributed by atoms with Crippen LogP contribution in [0, 0.1) is 11.8 Å². The number of aryl methyl sites for hydroxylation is 1. The maximum atomic E-state index is 12.1. The summed E-state index contributed by atoms with van der Waals surface area (Å²) in [5, 5.41) is 6.42. The van der Waals surface area contributed by atoms with Crippen molar-refractivity contribution in [3.05, 3.63) is 63.3 Å². The van der Waals surface area contributed by atoms with Gasteiger partial charge in [-0.2, -0.15) is 0 Å². The summed E-state index contributed by atoms with van der Waals surface area (Å²) in [4.78, 5) is 12.2. The number of aromatic amines is 1. The van der Waals surface area contributed by atoms with Gasteiger partial charge in [0.2, 0.25) is 0 Å². The van der Waals surface area contributed by atoms with Crippen molar-refractivity contribution in [1.29, 1.82) is 0 Å². The first-order valence-electron chi connectivity index (χ1n) is 6.00. The molecule has 0 fully saturated rings. The lowest BCUT2D eigenvalue weighted by atomic mass is 10.2. The molecule has 20 heavy (non-hydrogen) atoms. The summed E-state index contributed by atoms with van der Waals surface area (Å²) in [6.07, 6.45) is 1.71. The quantitative estimate of drug-likeness (QED) is 0.735. The molecular weight excluding hydrogens is 274 g/mol. The van der Waals surface area contributed by atoms with Gasteiger partial charge in [0.25, 0.3) is 10.7 Å². The van der Waals surface area contributed by atoms with Gasteiger partial charge in [0.1, 0.15) is 5.56 Å². The maximum absolute atomic E-state index is 12.1. The number of rotatable bonds is 2. The van der Waals surface area contributed by atoms with Crippen molar-refractivity contribution in [1.82, 2.24) is 14.8 Å². The van der Waals surface area contributed by atoms with Crippen LogP contribution < -0.4 is 5.43 Å². The molecule has 0 aliphatic heterocycles. The number of nitrogens with zero attached hydrogens (tertiary/aromatic N) is 2. The van der Waals surface area contributed by atoms with Crippen LogP contribution in [-0.4, -0.2) is 14.8 Å². The highest BCUT2D eigenvalue weighted by atomic mass is 32.1. The van der Waals surface area contributed by atoms with Crippen molar-refractivity contribution in [3.63, 3.8) is 0 Å². The predicted octanol–water partition coefficient (Wildman–Crippen LogP) is 2.86. The lowest BCUT2D eigenvalue weighted by Gasteiger charge is -2.11. The van der Waals surface area contributed by atoms with E-state index in [9.17, 15) is 4.79 Å². The molecule has 0 aliphatic rings. The van der Waals surface area contributed by atoms with Crippen LogP contribution in [0.4, 0.5) is 0 Å². The molecule has 0 amide bonds. The monoisotopic (exact) mass is 285 g/mol. The fourth-order valence-corrected chi connectivity index (χ4v) is 2.13.